The van der Waals surface area contributed by atoms with Crippen LogP contribution in [0.3, 0.4) is 0 Å². The van der Waals surface area contributed by atoms with Gasteiger partial charge in [-0.05, 0) is 75.5 Å². The van der Waals surface area contributed by atoms with Gasteiger partial charge in [0.05, 0.1) is 12.6 Å². The highest BCUT2D eigenvalue weighted by atomic mass is 16.5. The van der Waals surface area contributed by atoms with E-state index in [-0.39, 0.29) is 5.41 Å². The first-order valence-electron chi connectivity index (χ1n) is 13.1. The number of ether oxygens (including phenoxy) is 1. The van der Waals surface area contributed by atoms with Crippen LogP contribution in [0.15, 0.2) is 54.9 Å². The molecule has 3 heteroatoms. The molecule has 1 aliphatic heterocycles. The molecular weight excluding hydrogens is 440 g/mol. The van der Waals surface area contributed by atoms with Gasteiger partial charge >= 0.3 is 0 Å². The molecule has 6 rings (SSSR count). The highest BCUT2D eigenvalue weighted by molar-refractivity contribution is 6.15. The highest BCUT2D eigenvalue weighted by Crippen LogP contribution is 2.52. The van der Waals surface area contributed by atoms with Crippen LogP contribution in [0.1, 0.15) is 51.3 Å². The van der Waals surface area contributed by atoms with E-state index in [1.165, 1.54) is 49.5 Å². The van der Waals surface area contributed by atoms with Crippen LogP contribution in [0.5, 0.6) is 11.5 Å². The molecule has 0 spiro atoms. The normalized spacial score (nSPS) is 13.0. The van der Waals surface area contributed by atoms with Crippen molar-refractivity contribution in [1.29, 1.82) is 0 Å². The summed E-state index contributed by atoms with van der Waals surface area (Å²) >= 11 is 0. The molecule has 36 heavy (non-hydrogen) atoms. The number of rotatable bonds is 3. The van der Waals surface area contributed by atoms with Gasteiger partial charge in [-0.1, -0.05) is 71.0 Å². The molecule has 0 fully saturated rings. The van der Waals surface area contributed by atoms with Gasteiger partial charge in [0, 0.05) is 10.9 Å². The minimum absolute atomic E-state index is 0.124. The first-order chi connectivity index (χ1) is 17.1. The zero-order valence-corrected chi connectivity index (χ0v) is 22.5. The van der Waals surface area contributed by atoms with E-state index in [2.05, 4.69) is 102 Å². The Hall–Kier alpha value is -3.46. The number of nitrogens with zero attached hydrogens (tertiary/aromatic N) is 2. The quantitative estimate of drug-likeness (QED) is 0.190. The van der Waals surface area contributed by atoms with Crippen molar-refractivity contribution in [2.45, 2.75) is 54.4 Å². The smallest absolute Gasteiger partial charge is 0.287 e. The lowest BCUT2D eigenvalue weighted by Gasteiger charge is -2.28. The van der Waals surface area contributed by atoms with Gasteiger partial charge in [0.2, 0.25) is 0 Å². The van der Waals surface area contributed by atoms with E-state index in [4.69, 9.17) is 9.72 Å². The minimum atomic E-state index is 0.124. The van der Waals surface area contributed by atoms with Crippen molar-refractivity contribution >= 4 is 32.4 Å². The van der Waals surface area contributed by atoms with E-state index in [0.29, 0.717) is 5.92 Å². The maximum atomic E-state index is 6.99. The second-order valence-corrected chi connectivity index (χ2v) is 12.1. The van der Waals surface area contributed by atoms with Crippen LogP contribution in [0.25, 0.3) is 43.7 Å². The van der Waals surface area contributed by atoms with Gasteiger partial charge < -0.3 is 4.74 Å². The summed E-state index contributed by atoms with van der Waals surface area (Å²) in [5.74, 6) is 2.51. The molecular formula is C33H35N2O+. The zero-order chi connectivity index (χ0) is 25.4. The Kier molecular flexibility index (Phi) is 5.12. The van der Waals surface area contributed by atoms with Crippen molar-refractivity contribution in [3.8, 4) is 22.8 Å². The fraction of sp³-hybridized carbons (Fsp3) is 0.333. The number of aromatic nitrogens is 2. The van der Waals surface area contributed by atoms with Crippen molar-refractivity contribution in [3.05, 3.63) is 71.5 Å². The predicted octanol–water partition coefficient (Wildman–Crippen LogP) is 8.23. The maximum absolute atomic E-state index is 6.99. The van der Waals surface area contributed by atoms with Gasteiger partial charge in [0.25, 0.3) is 6.33 Å². The summed E-state index contributed by atoms with van der Waals surface area (Å²) in [6.07, 6.45) is 3.95. The topological polar surface area (TPSA) is 26.0 Å². The molecule has 182 valence electrons. The molecule has 1 aromatic heterocycles. The number of aryl methyl sites for hydroxylation is 2. The maximum Gasteiger partial charge on any atom is 0.287 e. The van der Waals surface area contributed by atoms with E-state index in [9.17, 15) is 0 Å². The van der Waals surface area contributed by atoms with Crippen LogP contribution >= 0.6 is 0 Å². The number of hydrogen-bond donors (Lipinski definition) is 0. The first-order valence-corrected chi connectivity index (χ1v) is 13.1. The number of hydrogen-bond acceptors (Lipinski definition) is 2. The molecule has 5 aromatic rings. The summed E-state index contributed by atoms with van der Waals surface area (Å²) in [6, 6.07) is 17.7. The Morgan fingerprint density at radius 3 is 2.39 bits per heavy atom. The van der Waals surface area contributed by atoms with Crippen LogP contribution in [-0.2, 0) is 19.9 Å². The molecule has 3 nitrogen and oxygen atoms in total. The van der Waals surface area contributed by atoms with E-state index >= 15 is 0 Å². The molecule has 4 aromatic carbocycles. The molecule has 0 aliphatic carbocycles. The standard InChI is InChI=1S/C33H35N2O/c1-19(2)15-21-11-10-14-24-25(21)16-27-29-30(24)34-18-35(7)31(29)28-20(3)22-12-8-9-13-23(22)26(32(28)36-27)17-33(4,5)6/h8-14,16,18-19H,15,17H2,1-7H3/q+1. The van der Waals surface area contributed by atoms with Crippen molar-refractivity contribution in [2.75, 3.05) is 0 Å². The SMILES string of the molecule is Cc1c2c(c(CC(C)(C)C)c3ccccc13)Oc1cc3c(CC(C)C)cccc3c3nc[n+](C)c-2c13. The van der Waals surface area contributed by atoms with Gasteiger partial charge in [-0.3, -0.25) is 0 Å². The third-order valence-corrected chi connectivity index (χ3v) is 7.48. The Morgan fingerprint density at radius 1 is 0.944 bits per heavy atom. The monoisotopic (exact) mass is 475 g/mol. The van der Waals surface area contributed by atoms with Gasteiger partial charge in [-0.15, -0.1) is 0 Å². The van der Waals surface area contributed by atoms with Gasteiger partial charge in [-0.25, -0.2) is 4.57 Å². The fourth-order valence-corrected chi connectivity index (χ4v) is 6.05. The summed E-state index contributed by atoms with van der Waals surface area (Å²) in [6.45, 7) is 13.7. The predicted molar refractivity (Wildman–Crippen MR) is 150 cm³/mol. The summed E-state index contributed by atoms with van der Waals surface area (Å²) in [5, 5.41) is 6.16. The van der Waals surface area contributed by atoms with E-state index in [1.54, 1.807) is 0 Å². The Morgan fingerprint density at radius 2 is 1.67 bits per heavy atom. The van der Waals surface area contributed by atoms with Crippen molar-refractivity contribution in [3.63, 3.8) is 0 Å². The average Bonchev–Trinajstić information content (AvgIpc) is 2.82. The van der Waals surface area contributed by atoms with Gasteiger partial charge in [-0.2, -0.15) is 0 Å². The Balaban J connectivity index is 1.77. The summed E-state index contributed by atoms with van der Waals surface area (Å²) in [5.41, 5.74) is 7.47. The lowest BCUT2D eigenvalue weighted by molar-refractivity contribution is -0.662. The molecule has 0 radical (unpaired) electrons. The molecule has 2 heterocycles. The molecule has 0 bridgehead atoms. The van der Waals surface area contributed by atoms with Crippen molar-refractivity contribution in [1.82, 2.24) is 4.98 Å². The van der Waals surface area contributed by atoms with E-state index < -0.39 is 0 Å². The molecule has 0 unspecified atom stereocenters. The second kappa shape index (κ2) is 8.03. The van der Waals surface area contributed by atoms with Crippen LogP contribution in [0, 0.1) is 18.3 Å². The number of benzene rings is 4. The van der Waals surface area contributed by atoms with Gasteiger partial charge in [0.15, 0.2) is 11.2 Å². The number of fused-ring (bicyclic) bond motifs is 5. The lowest BCUT2D eigenvalue weighted by atomic mass is 9.81. The summed E-state index contributed by atoms with van der Waals surface area (Å²) in [7, 11) is 2.11. The summed E-state index contributed by atoms with van der Waals surface area (Å²) in [4.78, 5) is 4.96. The van der Waals surface area contributed by atoms with Gasteiger partial charge in [0.1, 0.15) is 16.9 Å². The van der Waals surface area contributed by atoms with Crippen molar-refractivity contribution < 1.29 is 9.30 Å². The molecule has 1 aliphatic rings. The van der Waals surface area contributed by atoms with Crippen LogP contribution in [-0.4, -0.2) is 4.98 Å². The molecule has 0 amide bonds. The van der Waals surface area contributed by atoms with Crippen LogP contribution in [0.4, 0.5) is 0 Å². The summed E-state index contributed by atoms with van der Waals surface area (Å²) < 4.78 is 9.17. The van der Waals surface area contributed by atoms with E-state index in [1.807, 2.05) is 6.33 Å². The minimum Gasteiger partial charge on any atom is -0.455 e. The molecule has 0 saturated carbocycles. The van der Waals surface area contributed by atoms with E-state index in [0.717, 1.165) is 35.2 Å². The highest BCUT2D eigenvalue weighted by Gasteiger charge is 2.34. The molecule has 0 N–H and O–H groups in total. The van der Waals surface area contributed by atoms with Crippen LogP contribution < -0.4 is 9.30 Å². The largest absolute Gasteiger partial charge is 0.455 e. The average molecular weight is 476 g/mol. The van der Waals surface area contributed by atoms with Crippen molar-refractivity contribution in [2.24, 2.45) is 18.4 Å². The molecule has 0 atom stereocenters. The lowest BCUT2D eigenvalue weighted by Crippen LogP contribution is -2.33. The zero-order valence-electron chi connectivity index (χ0n) is 22.5. The Bertz CT molecular complexity index is 1690. The first kappa shape index (κ1) is 23.0. The second-order valence-electron chi connectivity index (χ2n) is 12.1. The Labute approximate surface area is 213 Å². The fourth-order valence-electron chi connectivity index (χ4n) is 6.05. The molecule has 0 saturated heterocycles. The third-order valence-electron chi connectivity index (χ3n) is 7.48. The van der Waals surface area contributed by atoms with Crippen LogP contribution in [0.2, 0.25) is 0 Å². The third kappa shape index (κ3) is 3.48.